The zero-order chi connectivity index (χ0) is 8.55. The first kappa shape index (κ1) is 7.43. The SMILES string of the molecule is O=c1ccc2c(S)cccc2[nH]1. The van der Waals surface area contributed by atoms with Crippen molar-refractivity contribution in [2.75, 3.05) is 0 Å². The number of aromatic amines is 1. The number of benzene rings is 1. The van der Waals surface area contributed by atoms with Gasteiger partial charge in [-0.15, -0.1) is 12.6 Å². The molecule has 0 aliphatic heterocycles. The number of hydrogen-bond donors (Lipinski definition) is 2. The molecule has 2 rings (SSSR count). The van der Waals surface area contributed by atoms with E-state index in [9.17, 15) is 4.79 Å². The van der Waals surface area contributed by atoms with E-state index < -0.39 is 0 Å². The van der Waals surface area contributed by atoms with Crippen molar-refractivity contribution in [1.29, 1.82) is 0 Å². The minimum absolute atomic E-state index is 0.0820. The highest BCUT2D eigenvalue weighted by Crippen LogP contribution is 2.17. The molecule has 0 atom stereocenters. The van der Waals surface area contributed by atoms with E-state index in [1.165, 1.54) is 6.07 Å². The first-order chi connectivity index (χ1) is 5.77. The predicted octanol–water partition coefficient (Wildman–Crippen LogP) is 1.82. The van der Waals surface area contributed by atoms with Gasteiger partial charge in [-0.25, -0.2) is 0 Å². The molecular weight excluding hydrogens is 170 g/mol. The summed E-state index contributed by atoms with van der Waals surface area (Å²) in [6, 6.07) is 8.89. The molecule has 2 aromatic rings. The summed E-state index contributed by atoms with van der Waals surface area (Å²) in [5, 5.41) is 0.973. The summed E-state index contributed by atoms with van der Waals surface area (Å²) >= 11 is 4.26. The molecule has 0 aliphatic carbocycles. The summed E-state index contributed by atoms with van der Waals surface area (Å²) in [5.74, 6) is 0. The first-order valence-electron chi connectivity index (χ1n) is 3.58. The topological polar surface area (TPSA) is 32.9 Å². The molecule has 2 nitrogen and oxygen atoms in total. The average molecular weight is 177 g/mol. The first-order valence-corrected chi connectivity index (χ1v) is 4.03. The van der Waals surface area contributed by atoms with Crippen molar-refractivity contribution < 1.29 is 0 Å². The Morgan fingerprint density at radius 3 is 2.83 bits per heavy atom. The molecule has 60 valence electrons. The largest absolute Gasteiger partial charge is 0.322 e. The summed E-state index contributed by atoms with van der Waals surface area (Å²) in [5.41, 5.74) is 0.747. The van der Waals surface area contributed by atoms with Gasteiger partial charge in [0.15, 0.2) is 0 Å². The van der Waals surface area contributed by atoms with E-state index in [0.717, 1.165) is 15.8 Å². The fourth-order valence-electron chi connectivity index (χ4n) is 1.17. The number of fused-ring (bicyclic) bond motifs is 1. The van der Waals surface area contributed by atoms with Crippen LogP contribution in [0.3, 0.4) is 0 Å². The zero-order valence-corrected chi connectivity index (χ0v) is 7.14. The molecule has 1 aromatic carbocycles. The van der Waals surface area contributed by atoms with Crippen LogP contribution in [-0.4, -0.2) is 4.98 Å². The van der Waals surface area contributed by atoms with Gasteiger partial charge in [0.2, 0.25) is 5.56 Å². The predicted molar refractivity (Wildman–Crippen MR) is 51.8 cm³/mol. The Morgan fingerprint density at radius 2 is 2.00 bits per heavy atom. The second-order valence-corrected chi connectivity index (χ2v) is 3.04. The van der Waals surface area contributed by atoms with Crippen LogP contribution in [0.25, 0.3) is 10.9 Å². The molecular formula is C9H7NOS. The van der Waals surface area contributed by atoms with Crippen LogP contribution < -0.4 is 5.56 Å². The number of thiol groups is 1. The van der Waals surface area contributed by atoms with Gasteiger partial charge in [-0.3, -0.25) is 4.79 Å². The van der Waals surface area contributed by atoms with Gasteiger partial charge >= 0.3 is 0 Å². The Morgan fingerprint density at radius 1 is 1.17 bits per heavy atom. The van der Waals surface area contributed by atoms with Crippen LogP contribution in [0.1, 0.15) is 0 Å². The molecule has 12 heavy (non-hydrogen) atoms. The van der Waals surface area contributed by atoms with E-state index in [0.29, 0.717) is 0 Å². The second kappa shape index (κ2) is 2.68. The number of pyridine rings is 1. The van der Waals surface area contributed by atoms with Crippen molar-refractivity contribution in [2.24, 2.45) is 0 Å². The molecule has 1 heterocycles. The van der Waals surface area contributed by atoms with Crippen LogP contribution in [0.2, 0.25) is 0 Å². The summed E-state index contributed by atoms with van der Waals surface area (Å²) in [6.07, 6.45) is 0. The monoisotopic (exact) mass is 177 g/mol. The summed E-state index contributed by atoms with van der Waals surface area (Å²) in [6.45, 7) is 0. The van der Waals surface area contributed by atoms with Gasteiger partial charge in [0.05, 0.1) is 0 Å². The minimum Gasteiger partial charge on any atom is -0.322 e. The molecule has 0 unspecified atom stereocenters. The van der Waals surface area contributed by atoms with Gasteiger partial charge in [0.1, 0.15) is 0 Å². The molecule has 1 N–H and O–H groups in total. The van der Waals surface area contributed by atoms with Crippen LogP contribution in [0.4, 0.5) is 0 Å². The van der Waals surface area contributed by atoms with Crippen molar-refractivity contribution in [3.63, 3.8) is 0 Å². The fraction of sp³-hybridized carbons (Fsp3) is 0. The lowest BCUT2D eigenvalue weighted by Gasteiger charge is -1.98. The molecule has 0 bridgehead atoms. The third kappa shape index (κ3) is 1.12. The number of nitrogens with one attached hydrogen (secondary N) is 1. The van der Waals surface area contributed by atoms with Crippen molar-refractivity contribution >= 4 is 23.5 Å². The number of rotatable bonds is 0. The van der Waals surface area contributed by atoms with Crippen LogP contribution >= 0.6 is 12.6 Å². The quantitative estimate of drug-likeness (QED) is 0.591. The van der Waals surface area contributed by atoms with Crippen LogP contribution in [-0.2, 0) is 0 Å². The van der Waals surface area contributed by atoms with E-state index in [1.807, 2.05) is 18.2 Å². The molecule has 0 amide bonds. The van der Waals surface area contributed by atoms with Gasteiger partial charge in [-0.05, 0) is 18.2 Å². The molecule has 0 spiro atoms. The Balaban J connectivity index is 2.96. The summed E-state index contributed by atoms with van der Waals surface area (Å²) in [4.78, 5) is 14.5. The average Bonchev–Trinajstić information content (AvgIpc) is 2.04. The van der Waals surface area contributed by atoms with Crippen molar-refractivity contribution in [2.45, 2.75) is 4.90 Å². The third-order valence-electron chi connectivity index (χ3n) is 1.74. The molecule has 3 heteroatoms. The highest BCUT2D eigenvalue weighted by atomic mass is 32.1. The lowest BCUT2D eigenvalue weighted by molar-refractivity contribution is 1.29. The van der Waals surface area contributed by atoms with E-state index in [2.05, 4.69) is 17.6 Å². The van der Waals surface area contributed by atoms with Gasteiger partial charge in [-0.1, -0.05) is 6.07 Å². The number of hydrogen-bond acceptors (Lipinski definition) is 2. The van der Waals surface area contributed by atoms with Crippen molar-refractivity contribution in [1.82, 2.24) is 4.98 Å². The molecule has 0 radical (unpaired) electrons. The van der Waals surface area contributed by atoms with Crippen molar-refractivity contribution in [3.05, 3.63) is 40.7 Å². The van der Waals surface area contributed by atoms with Gasteiger partial charge in [-0.2, -0.15) is 0 Å². The second-order valence-electron chi connectivity index (χ2n) is 2.56. The lowest BCUT2D eigenvalue weighted by atomic mass is 10.2. The van der Waals surface area contributed by atoms with E-state index in [-0.39, 0.29) is 5.56 Å². The van der Waals surface area contributed by atoms with E-state index >= 15 is 0 Å². The molecule has 0 saturated carbocycles. The highest BCUT2D eigenvalue weighted by molar-refractivity contribution is 7.80. The van der Waals surface area contributed by atoms with E-state index in [1.54, 1.807) is 6.07 Å². The maximum atomic E-state index is 10.9. The van der Waals surface area contributed by atoms with Gasteiger partial charge in [0.25, 0.3) is 0 Å². The van der Waals surface area contributed by atoms with Gasteiger partial charge in [0, 0.05) is 21.9 Å². The summed E-state index contributed by atoms with van der Waals surface area (Å²) in [7, 11) is 0. The zero-order valence-electron chi connectivity index (χ0n) is 6.24. The smallest absolute Gasteiger partial charge is 0.248 e. The lowest BCUT2D eigenvalue weighted by Crippen LogP contribution is -2.02. The normalized spacial score (nSPS) is 10.4. The molecule has 0 fully saturated rings. The van der Waals surface area contributed by atoms with Crippen molar-refractivity contribution in [3.8, 4) is 0 Å². The number of H-pyrrole nitrogens is 1. The fourth-order valence-corrected chi connectivity index (χ4v) is 1.45. The molecule has 1 aromatic heterocycles. The standard InChI is InChI=1S/C9H7NOS/c11-9-5-4-6-7(10-9)2-1-3-8(6)12/h1-5,12H,(H,10,11). The summed E-state index contributed by atoms with van der Waals surface area (Å²) < 4.78 is 0. The Labute approximate surface area is 74.6 Å². The van der Waals surface area contributed by atoms with Gasteiger partial charge < -0.3 is 4.98 Å². The molecule has 0 aliphatic rings. The Hall–Kier alpha value is -1.22. The molecule has 0 saturated heterocycles. The van der Waals surface area contributed by atoms with Crippen LogP contribution in [0, 0.1) is 0 Å². The third-order valence-corrected chi connectivity index (χ3v) is 2.13. The highest BCUT2D eigenvalue weighted by Gasteiger charge is 1.95. The van der Waals surface area contributed by atoms with E-state index in [4.69, 9.17) is 0 Å². The number of aromatic nitrogens is 1. The maximum absolute atomic E-state index is 10.9. The maximum Gasteiger partial charge on any atom is 0.248 e. The van der Waals surface area contributed by atoms with Crippen LogP contribution in [0.5, 0.6) is 0 Å². The Kier molecular flexibility index (Phi) is 1.66. The van der Waals surface area contributed by atoms with Crippen LogP contribution in [0.15, 0.2) is 40.0 Å². The minimum atomic E-state index is -0.0820. The Bertz CT molecular complexity index is 475.